The number of benzene rings is 1. The first-order chi connectivity index (χ1) is 13.1. The van der Waals surface area contributed by atoms with E-state index in [1.165, 1.54) is 12.1 Å². The van der Waals surface area contributed by atoms with Gasteiger partial charge in [0.05, 0.1) is 0 Å². The number of pyridine rings is 1. The molecule has 1 aromatic heterocycles. The molecule has 0 aliphatic carbocycles. The minimum atomic E-state index is -0.458. The second-order valence-corrected chi connectivity index (χ2v) is 6.54. The van der Waals surface area contributed by atoms with E-state index < -0.39 is 10.9 Å². The van der Waals surface area contributed by atoms with Gasteiger partial charge >= 0.3 is 0 Å². The van der Waals surface area contributed by atoms with Crippen molar-refractivity contribution < 1.29 is 4.39 Å². The van der Waals surface area contributed by atoms with Crippen LogP contribution in [0.4, 0.5) is 21.5 Å². The molecule has 1 aliphatic heterocycles. The monoisotopic (exact) mass is 366 g/mol. The van der Waals surface area contributed by atoms with E-state index in [1.54, 1.807) is 24.5 Å². The van der Waals surface area contributed by atoms with Crippen LogP contribution in [0.2, 0.25) is 0 Å². The Labute approximate surface area is 155 Å². The summed E-state index contributed by atoms with van der Waals surface area (Å²) in [7, 11) is 0. The van der Waals surface area contributed by atoms with E-state index in [0.717, 1.165) is 11.3 Å². The van der Waals surface area contributed by atoms with E-state index in [1.807, 2.05) is 17.0 Å². The van der Waals surface area contributed by atoms with E-state index in [9.17, 15) is 14.0 Å². The lowest BCUT2D eigenvalue weighted by Crippen LogP contribution is -2.51. The highest BCUT2D eigenvalue weighted by Crippen LogP contribution is 2.24. The highest BCUT2D eigenvalue weighted by atomic mass is 19.1. The number of halogens is 1. The van der Waals surface area contributed by atoms with Gasteiger partial charge in [-0.1, -0.05) is 0 Å². The van der Waals surface area contributed by atoms with Crippen molar-refractivity contribution >= 4 is 17.1 Å². The van der Waals surface area contributed by atoms with Gasteiger partial charge < -0.3 is 15.1 Å². The summed E-state index contributed by atoms with van der Waals surface area (Å²) in [6, 6.07) is 10.1. The molecular weight excluding hydrogens is 347 g/mol. The Balaban J connectivity index is 1.43. The number of anilines is 3. The van der Waals surface area contributed by atoms with Crippen molar-refractivity contribution in [2.24, 2.45) is 0 Å². The molecule has 0 radical (unpaired) electrons. The third-order valence-corrected chi connectivity index (χ3v) is 4.89. The van der Waals surface area contributed by atoms with Crippen molar-refractivity contribution in [2.75, 3.05) is 41.3 Å². The molecule has 1 fully saturated rings. The van der Waals surface area contributed by atoms with Crippen LogP contribution >= 0.6 is 0 Å². The molecule has 138 valence electrons. The first-order valence-electron chi connectivity index (χ1n) is 8.85. The summed E-state index contributed by atoms with van der Waals surface area (Å²) < 4.78 is 13.1. The molecular formula is C20H19FN4O2. The fraction of sp³-hybridized carbons (Fsp3) is 0.250. The Hall–Kier alpha value is -3.22. The van der Waals surface area contributed by atoms with E-state index in [2.05, 4.69) is 15.2 Å². The summed E-state index contributed by atoms with van der Waals surface area (Å²) in [5.41, 5.74) is 1.93. The van der Waals surface area contributed by atoms with Crippen molar-refractivity contribution in [3.8, 4) is 0 Å². The lowest BCUT2D eigenvalue weighted by molar-refractivity contribution is 0.624. The summed E-state index contributed by atoms with van der Waals surface area (Å²) in [5, 5.41) is 3.10. The predicted molar refractivity (Wildman–Crippen MR) is 104 cm³/mol. The zero-order valence-corrected chi connectivity index (χ0v) is 14.7. The van der Waals surface area contributed by atoms with Gasteiger partial charge in [-0.15, -0.1) is 0 Å². The van der Waals surface area contributed by atoms with Gasteiger partial charge in [-0.3, -0.25) is 14.6 Å². The zero-order chi connectivity index (χ0) is 18.8. The maximum absolute atomic E-state index is 13.1. The van der Waals surface area contributed by atoms with Crippen LogP contribution in [0.3, 0.4) is 0 Å². The van der Waals surface area contributed by atoms with E-state index in [0.29, 0.717) is 44.1 Å². The summed E-state index contributed by atoms with van der Waals surface area (Å²) in [6.45, 7) is 3.14. The summed E-state index contributed by atoms with van der Waals surface area (Å²) in [5.74, 6) is -0.258. The zero-order valence-electron chi connectivity index (χ0n) is 14.7. The first-order valence-corrected chi connectivity index (χ1v) is 8.85. The smallest absolute Gasteiger partial charge is 0.253 e. The fourth-order valence-electron chi connectivity index (χ4n) is 3.38. The van der Waals surface area contributed by atoms with E-state index >= 15 is 0 Å². The Morgan fingerprint density at radius 2 is 1.52 bits per heavy atom. The maximum Gasteiger partial charge on any atom is 0.253 e. The number of aromatic nitrogens is 1. The molecule has 3 aromatic rings. The number of rotatable bonds is 5. The van der Waals surface area contributed by atoms with E-state index in [4.69, 9.17) is 0 Å². The van der Waals surface area contributed by atoms with E-state index in [-0.39, 0.29) is 5.82 Å². The van der Waals surface area contributed by atoms with Crippen molar-refractivity contribution in [2.45, 2.75) is 6.54 Å². The fourth-order valence-corrected chi connectivity index (χ4v) is 3.38. The quantitative estimate of drug-likeness (QED) is 0.694. The number of nitrogens with zero attached hydrogens (tertiary/aromatic N) is 3. The molecule has 1 aliphatic rings. The lowest BCUT2D eigenvalue weighted by atomic mass is 10.1. The summed E-state index contributed by atoms with van der Waals surface area (Å²) in [6.07, 6.45) is 3.38. The van der Waals surface area contributed by atoms with Crippen LogP contribution in [0.25, 0.3) is 0 Å². The number of piperazine rings is 1. The molecule has 0 unspecified atom stereocenters. The lowest BCUT2D eigenvalue weighted by Gasteiger charge is -2.38. The van der Waals surface area contributed by atoms with Gasteiger partial charge in [-0.25, -0.2) is 4.39 Å². The van der Waals surface area contributed by atoms with Gasteiger partial charge in [0.1, 0.15) is 17.2 Å². The predicted octanol–water partition coefficient (Wildman–Crippen LogP) is 1.76. The second kappa shape index (κ2) is 7.19. The third-order valence-electron chi connectivity index (χ3n) is 4.89. The SMILES string of the molecule is O=c1c(NCc2ccncc2)c(N2CCN(c3ccc(F)cc3)CC2)c1=O. The number of hydrogen-bond donors (Lipinski definition) is 1. The van der Waals surface area contributed by atoms with Crippen molar-refractivity contribution in [1.29, 1.82) is 0 Å². The average molecular weight is 366 g/mol. The molecule has 0 atom stereocenters. The normalized spacial score (nSPS) is 14.6. The van der Waals surface area contributed by atoms with Crippen LogP contribution in [-0.4, -0.2) is 31.2 Å². The summed E-state index contributed by atoms with van der Waals surface area (Å²) >= 11 is 0. The standard InChI is InChI=1S/C20H19FN4O2/c21-15-1-3-16(4-2-15)24-9-11-25(12-10-24)18-17(19(26)20(18)27)23-13-14-5-7-22-8-6-14/h1-8,23H,9-13H2. The molecule has 1 saturated heterocycles. The molecule has 2 heterocycles. The molecule has 6 nitrogen and oxygen atoms in total. The molecule has 0 saturated carbocycles. The summed E-state index contributed by atoms with van der Waals surface area (Å²) in [4.78, 5) is 32.2. The van der Waals surface area contributed by atoms with Crippen LogP contribution in [0.1, 0.15) is 5.56 Å². The van der Waals surface area contributed by atoms with Crippen LogP contribution < -0.4 is 26.0 Å². The average Bonchev–Trinajstić information content (AvgIpc) is 2.72. The molecule has 0 spiro atoms. The highest BCUT2D eigenvalue weighted by molar-refractivity contribution is 5.75. The largest absolute Gasteiger partial charge is 0.376 e. The highest BCUT2D eigenvalue weighted by Gasteiger charge is 2.28. The van der Waals surface area contributed by atoms with Gasteiger partial charge in [0.2, 0.25) is 0 Å². The van der Waals surface area contributed by atoms with Gasteiger partial charge in [0.15, 0.2) is 0 Å². The van der Waals surface area contributed by atoms with Gasteiger partial charge in [0.25, 0.3) is 10.9 Å². The second-order valence-electron chi connectivity index (χ2n) is 6.54. The van der Waals surface area contributed by atoms with Gasteiger partial charge in [0, 0.05) is 50.8 Å². The molecule has 1 N–H and O–H groups in total. The van der Waals surface area contributed by atoms with Crippen LogP contribution in [-0.2, 0) is 6.54 Å². The maximum atomic E-state index is 13.1. The van der Waals surface area contributed by atoms with Crippen LogP contribution in [0.15, 0.2) is 58.4 Å². The Bertz CT molecular complexity index is 989. The molecule has 0 amide bonds. The molecule has 27 heavy (non-hydrogen) atoms. The van der Waals surface area contributed by atoms with Crippen molar-refractivity contribution in [3.05, 3.63) is 80.6 Å². The number of hydrogen-bond acceptors (Lipinski definition) is 6. The molecule has 2 aromatic carbocycles. The first kappa shape index (κ1) is 17.2. The number of nitrogens with one attached hydrogen (secondary N) is 1. The van der Waals surface area contributed by atoms with Crippen molar-refractivity contribution in [3.63, 3.8) is 0 Å². The van der Waals surface area contributed by atoms with Gasteiger partial charge in [-0.05, 0) is 42.0 Å². The Morgan fingerprint density at radius 3 is 2.19 bits per heavy atom. The molecule has 0 bridgehead atoms. The third kappa shape index (κ3) is 3.40. The minimum Gasteiger partial charge on any atom is -0.376 e. The van der Waals surface area contributed by atoms with Crippen LogP contribution in [0, 0.1) is 5.82 Å². The van der Waals surface area contributed by atoms with Crippen molar-refractivity contribution in [1.82, 2.24) is 4.98 Å². The molecule has 4 rings (SSSR count). The van der Waals surface area contributed by atoms with Gasteiger partial charge in [-0.2, -0.15) is 0 Å². The minimum absolute atomic E-state index is 0.258. The van der Waals surface area contributed by atoms with Crippen LogP contribution in [0.5, 0.6) is 0 Å². The molecule has 7 heteroatoms. The Morgan fingerprint density at radius 1 is 0.889 bits per heavy atom. The topological polar surface area (TPSA) is 65.5 Å². The Kier molecular flexibility index (Phi) is 4.58.